The second-order valence-corrected chi connectivity index (χ2v) is 3.17. The van der Waals surface area contributed by atoms with E-state index >= 15 is 0 Å². The average molecular weight is 220 g/mol. The topological polar surface area (TPSA) is 101 Å². The monoisotopic (exact) mass is 220 g/mol. The van der Waals surface area contributed by atoms with Crippen molar-refractivity contribution in [3.05, 3.63) is 46.9 Å². The molecule has 2 N–H and O–H groups in total. The predicted octanol–water partition coefficient (Wildman–Crippen LogP) is 2.20. The van der Waals surface area contributed by atoms with Crippen LogP contribution in [0.3, 0.4) is 0 Å². The molecule has 0 saturated heterocycles. The van der Waals surface area contributed by atoms with Crippen LogP contribution >= 0.6 is 0 Å². The van der Waals surface area contributed by atoms with Crippen LogP contribution in [0.5, 0.6) is 0 Å². The van der Waals surface area contributed by atoms with Gasteiger partial charge in [-0.25, -0.2) is 4.79 Å². The van der Waals surface area contributed by atoms with Crippen LogP contribution in [0.1, 0.15) is 6.92 Å². The number of hydrogen-bond acceptors (Lipinski definition) is 3. The summed E-state index contributed by atoms with van der Waals surface area (Å²) in [6.45, 7) is 1.77. The zero-order valence-electron chi connectivity index (χ0n) is 8.78. The molecule has 0 aromatic heterocycles. The van der Waals surface area contributed by atoms with Crippen molar-refractivity contribution in [3.63, 3.8) is 0 Å². The van der Waals surface area contributed by atoms with Gasteiger partial charge in [0.2, 0.25) is 0 Å². The first-order valence-corrected chi connectivity index (χ1v) is 4.67. The van der Waals surface area contributed by atoms with Gasteiger partial charge < -0.3 is 10.5 Å². The van der Waals surface area contributed by atoms with Crippen molar-refractivity contribution in [2.75, 3.05) is 0 Å². The summed E-state index contributed by atoms with van der Waals surface area (Å²) in [4.78, 5) is 13.6. The molecule has 6 nitrogen and oxygen atoms in total. The maximum absolute atomic E-state index is 10.9. The third kappa shape index (κ3) is 2.43. The van der Waals surface area contributed by atoms with Gasteiger partial charge in [-0.15, -0.1) is 0 Å². The van der Waals surface area contributed by atoms with Crippen LogP contribution in [0.2, 0.25) is 0 Å². The van der Waals surface area contributed by atoms with Crippen LogP contribution in [-0.2, 0) is 4.74 Å². The van der Waals surface area contributed by atoms with E-state index in [4.69, 9.17) is 16.0 Å². The molecular weight excluding hydrogens is 208 g/mol. The van der Waals surface area contributed by atoms with Crippen LogP contribution in [0.4, 0.5) is 4.79 Å². The van der Waals surface area contributed by atoms with Crippen molar-refractivity contribution in [1.82, 2.24) is 0 Å². The Balaban J connectivity index is 3.14. The first-order chi connectivity index (χ1) is 7.64. The third-order valence-electron chi connectivity index (χ3n) is 2.10. The van der Waals surface area contributed by atoms with E-state index < -0.39 is 17.7 Å². The summed E-state index contributed by atoms with van der Waals surface area (Å²) in [6, 6.07) is -0.633. The summed E-state index contributed by atoms with van der Waals surface area (Å²) in [6.07, 6.45) is 9.08. The van der Waals surface area contributed by atoms with Gasteiger partial charge in [0.1, 0.15) is 6.04 Å². The SMILES string of the molecule is CC=CC1(OC(N)=O)C=CC=CC1N=[N+]=[N-]. The lowest BCUT2D eigenvalue weighted by atomic mass is 9.89. The first-order valence-electron chi connectivity index (χ1n) is 4.67. The Morgan fingerprint density at radius 1 is 1.69 bits per heavy atom. The summed E-state index contributed by atoms with van der Waals surface area (Å²) in [5.74, 6) is 0. The Labute approximate surface area is 92.7 Å². The normalized spacial score (nSPS) is 27.7. The predicted molar refractivity (Wildman–Crippen MR) is 59.4 cm³/mol. The number of primary amides is 1. The number of azide groups is 1. The minimum Gasteiger partial charge on any atom is -0.434 e. The number of nitrogens with zero attached hydrogens (tertiary/aromatic N) is 3. The summed E-state index contributed by atoms with van der Waals surface area (Å²) in [5, 5.41) is 3.57. The van der Waals surface area contributed by atoms with E-state index in [0.29, 0.717) is 0 Å². The van der Waals surface area contributed by atoms with Gasteiger partial charge in [-0.3, -0.25) is 0 Å². The largest absolute Gasteiger partial charge is 0.434 e. The number of carbonyl (C=O) groups is 1. The van der Waals surface area contributed by atoms with Crippen LogP contribution in [0.15, 0.2) is 41.6 Å². The summed E-state index contributed by atoms with van der Waals surface area (Å²) < 4.78 is 5.03. The fourth-order valence-corrected chi connectivity index (χ4v) is 1.53. The first kappa shape index (κ1) is 11.9. The average Bonchev–Trinajstić information content (AvgIpc) is 2.21. The molecule has 0 aliphatic heterocycles. The van der Waals surface area contributed by atoms with Gasteiger partial charge >= 0.3 is 6.09 Å². The molecule has 0 aromatic carbocycles. The van der Waals surface area contributed by atoms with Gasteiger partial charge in [0.25, 0.3) is 0 Å². The lowest BCUT2D eigenvalue weighted by Crippen LogP contribution is -2.43. The van der Waals surface area contributed by atoms with E-state index in [2.05, 4.69) is 10.0 Å². The van der Waals surface area contributed by atoms with Crippen LogP contribution in [0, 0.1) is 0 Å². The molecule has 0 aromatic rings. The molecule has 2 unspecified atom stereocenters. The van der Waals surface area contributed by atoms with Crippen LogP contribution in [0.25, 0.3) is 10.4 Å². The van der Waals surface area contributed by atoms with E-state index in [1.807, 2.05) is 0 Å². The molecule has 84 valence electrons. The van der Waals surface area contributed by atoms with Gasteiger partial charge in [-0.1, -0.05) is 29.4 Å². The van der Waals surface area contributed by atoms with Crippen molar-refractivity contribution in [3.8, 4) is 0 Å². The Bertz CT molecular complexity index is 407. The number of ether oxygens (including phenoxy) is 1. The minimum absolute atomic E-state index is 0.633. The third-order valence-corrected chi connectivity index (χ3v) is 2.10. The van der Waals surface area contributed by atoms with Gasteiger partial charge in [0, 0.05) is 4.91 Å². The highest BCUT2D eigenvalue weighted by atomic mass is 16.6. The van der Waals surface area contributed by atoms with Gasteiger partial charge in [0.05, 0.1) is 0 Å². The van der Waals surface area contributed by atoms with Crippen molar-refractivity contribution >= 4 is 6.09 Å². The van der Waals surface area contributed by atoms with E-state index in [1.165, 1.54) is 0 Å². The van der Waals surface area contributed by atoms with Gasteiger partial charge in [-0.2, -0.15) is 0 Å². The molecule has 1 aliphatic rings. The van der Waals surface area contributed by atoms with Gasteiger partial charge in [-0.05, 0) is 24.6 Å². The smallest absolute Gasteiger partial charge is 0.405 e. The second kappa shape index (κ2) is 5.04. The molecule has 0 saturated carbocycles. The van der Waals surface area contributed by atoms with E-state index in [1.54, 1.807) is 43.4 Å². The standard InChI is InChI=1S/C10H12N4O2/c1-2-6-10(16-9(11)15)7-4-3-5-8(10)13-14-12/h2-8H,1H3,(H2,11,15). The minimum atomic E-state index is -1.12. The van der Waals surface area contributed by atoms with Gasteiger partial charge in [0.15, 0.2) is 5.60 Å². The van der Waals surface area contributed by atoms with Crippen molar-refractivity contribution in [2.45, 2.75) is 18.6 Å². The number of hydrogen-bond donors (Lipinski definition) is 1. The molecule has 1 rings (SSSR count). The molecule has 16 heavy (non-hydrogen) atoms. The highest BCUT2D eigenvalue weighted by Crippen LogP contribution is 2.27. The fraction of sp³-hybridized carbons (Fsp3) is 0.300. The molecule has 0 spiro atoms. The van der Waals surface area contributed by atoms with E-state index in [-0.39, 0.29) is 0 Å². The molecule has 1 aliphatic carbocycles. The summed E-state index contributed by atoms with van der Waals surface area (Å²) in [7, 11) is 0. The molecule has 0 fully saturated rings. The zero-order valence-corrected chi connectivity index (χ0v) is 8.78. The highest BCUT2D eigenvalue weighted by molar-refractivity contribution is 5.66. The number of nitrogens with two attached hydrogens (primary N) is 1. The molecule has 2 atom stereocenters. The molecular formula is C10H12N4O2. The molecule has 6 heteroatoms. The quantitative estimate of drug-likeness (QED) is 0.341. The molecule has 1 amide bonds. The van der Waals surface area contributed by atoms with Crippen molar-refractivity contribution < 1.29 is 9.53 Å². The van der Waals surface area contributed by atoms with Crippen molar-refractivity contribution in [2.24, 2.45) is 10.8 Å². The van der Waals surface area contributed by atoms with Crippen molar-refractivity contribution in [1.29, 1.82) is 0 Å². The lowest BCUT2D eigenvalue weighted by molar-refractivity contribution is 0.0773. The van der Waals surface area contributed by atoms with E-state index in [9.17, 15) is 4.79 Å². The van der Waals surface area contributed by atoms with E-state index in [0.717, 1.165) is 0 Å². The Hall–Kier alpha value is -2.20. The Morgan fingerprint density at radius 3 is 3.00 bits per heavy atom. The maximum atomic E-state index is 10.9. The number of amides is 1. The number of rotatable bonds is 3. The Kier molecular flexibility index (Phi) is 3.74. The fourth-order valence-electron chi connectivity index (χ4n) is 1.53. The highest BCUT2D eigenvalue weighted by Gasteiger charge is 2.36. The molecule has 0 bridgehead atoms. The second-order valence-electron chi connectivity index (χ2n) is 3.17. The Morgan fingerprint density at radius 2 is 2.44 bits per heavy atom. The summed E-state index contributed by atoms with van der Waals surface area (Å²) >= 11 is 0. The number of allylic oxidation sites excluding steroid dienone is 3. The zero-order chi connectivity index (χ0) is 12.0. The maximum Gasteiger partial charge on any atom is 0.405 e. The molecule has 0 radical (unpaired) electrons. The van der Waals surface area contributed by atoms with Crippen LogP contribution < -0.4 is 5.73 Å². The number of carbonyl (C=O) groups excluding carboxylic acids is 1. The van der Waals surface area contributed by atoms with Crippen LogP contribution in [-0.4, -0.2) is 17.7 Å². The summed E-state index contributed by atoms with van der Waals surface area (Å²) in [5.41, 5.74) is 12.3. The lowest BCUT2D eigenvalue weighted by Gasteiger charge is -2.32. The molecule has 0 heterocycles.